The molecular weight excluding hydrogens is 282 g/mol. The lowest BCUT2D eigenvalue weighted by molar-refractivity contribution is 0.232. The maximum atomic E-state index is 4.68. The molecule has 5 nitrogen and oxygen atoms in total. The SMILES string of the molecule is CCNc1cc(N2CCC(N(CC)CC)C2)nc(SC)n1. The van der Waals surface area contributed by atoms with Crippen molar-refractivity contribution in [3.05, 3.63) is 6.07 Å². The second-order valence-electron chi connectivity index (χ2n) is 5.24. The number of nitrogens with zero attached hydrogens (tertiary/aromatic N) is 4. The van der Waals surface area contributed by atoms with E-state index in [-0.39, 0.29) is 0 Å². The van der Waals surface area contributed by atoms with Crippen LogP contribution in [-0.4, -0.2) is 59.9 Å². The summed E-state index contributed by atoms with van der Waals surface area (Å²) in [5.74, 6) is 1.98. The van der Waals surface area contributed by atoms with Gasteiger partial charge in [0.15, 0.2) is 5.16 Å². The molecule has 0 bridgehead atoms. The smallest absolute Gasteiger partial charge is 0.191 e. The van der Waals surface area contributed by atoms with Gasteiger partial charge in [0.1, 0.15) is 11.6 Å². The molecule has 1 unspecified atom stereocenters. The first-order valence-corrected chi connectivity index (χ1v) is 9.10. The summed E-state index contributed by atoms with van der Waals surface area (Å²) in [6.07, 6.45) is 3.24. The van der Waals surface area contributed by atoms with Gasteiger partial charge in [0.25, 0.3) is 0 Å². The van der Waals surface area contributed by atoms with E-state index in [1.54, 1.807) is 11.8 Å². The predicted molar refractivity (Wildman–Crippen MR) is 91.5 cm³/mol. The highest BCUT2D eigenvalue weighted by Gasteiger charge is 2.27. The highest BCUT2D eigenvalue weighted by Crippen LogP contribution is 2.25. The van der Waals surface area contributed by atoms with Crippen LogP contribution in [-0.2, 0) is 0 Å². The summed E-state index contributed by atoms with van der Waals surface area (Å²) in [5, 5.41) is 4.14. The molecular formula is C15H27N5S. The molecule has 0 spiro atoms. The van der Waals surface area contributed by atoms with Crippen molar-refractivity contribution in [3.8, 4) is 0 Å². The Balaban J connectivity index is 2.13. The number of anilines is 2. The summed E-state index contributed by atoms with van der Waals surface area (Å²) >= 11 is 1.60. The summed E-state index contributed by atoms with van der Waals surface area (Å²) in [4.78, 5) is 14.1. The Kier molecular flexibility index (Phi) is 6.11. The molecule has 2 heterocycles. The average molecular weight is 309 g/mol. The molecule has 118 valence electrons. The van der Waals surface area contributed by atoms with Crippen LogP contribution in [0.2, 0.25) is 0 Å². The summed E-state index contributed by atoms with van der Waals surface area (Å²) in [6, 6.07) is 2.73. The van der Waals surface area contributed by atoms with Gasteiger partial charge in [0.2, 0.25) is 0 Å². The van der Waals surface area contributed by atoms with Crippen molar-refractivity contribution in [1.82, 2.24) is 14.9 Å². The maximum absolute atomic E-state index is 4.68. The number of likely N-dealkylation sites (N-methyl/N-ethyl adjacent to an activating group) is 1. The Morgan fingerprint density at radius 3 is 2.71 bits per heavy atom. The van der Waals surface area contributed by atoms with Gasteiger partial charge < -0.3 is 10.2 Å². The van der Waals surface area contributed by atoms with Gasteiger partial charge in [-0.05, 0) is 32.7 Å². The molecule has 1 N–H and O–H groups in total. The fourth-order valence-electron chi connectivity index (χ4n) is 2.93. The van der Waals surface area contributed by atoms with Gasteiger partial charge >= 0.3 is 0 Å². The Morgan fingerprint density at radius 2 is 2.10 bits per heavy atom. The van der Waals surface area contributed by atoms with E-state index in [0.29, 0.717) is 6.04 Å². The maximum Gasteiger partial charge on any atom is 0.191 e. The van der Waals surface area contributed by atoms with Gasteiger partial charge in [-0.1, -0.05) is 25.6 Å². The first-order valence-electron chi connectivity index (χ1n) is 7.87. The molecule has 1 aliphatic rings. The number of hydrogen-bond acceptors (Lipinski definition) is 6. The number of hydrogen-bond donors (Lipinski definition) is 1. The van der Waals surface area contributed by atoms with Crippen LogP contribution in [0.25, 0.3) is 0 Å². The van der Waals surface area contributed by atoms with E-state index in [9.17, 15) is 0 Å². The predicted octanol–water partition coefficient (Wildman–Crippen LogP) is 2.55. The van der Waals surface area contributed by atoms with Gasteiger partial charge in [-0.15, -0.1) is 0 Å². The van der Waals surface area contributed by atoms with E-state index >= 15 is 0 Å². The van der Waals surface area contributed by atoms with Gasteiger partial charge in [-0.3, -0.25) is 4.90 Å². The van der Waals surface area contributed by atoms with Crippen molar-refractivity contribution >= 4 is 23.4 Å². The van der Waals surface area contributed by atoms with Crippen LogP contribution in [0.4, 0.5) is 11.6 Å². The second kappa shape index (κ2) is 7.84. The van der Waals surface area contributed by atoms with Gasteiger partial charge in [-0.25, -0.2) is 9.97 Å². The van der Waals surface area contributed by atoms with E-state index in [1.807, 2.05) is 6.26 Å². The molecule has 2 rings (SSSR count). The van der Waals surface area contributed by atoms with E-state index in [1.165, 1.54) is 6.42 Å². The lowest BCUT2D eigenvalue weighted by Crippen LogP contribution is -2.37. The quantitative estimate of drug-likeness (QED) is 0.617. The van der Waals surface area contributed by atoms with Crippen molar-refractivity contribution in [2.75, 3.05) is 49.2 Å². The number of thioether (sulfide) groups is 1. The van der Waals surface area contributed by atoms with E-state index in [2.05, 4.69) is 51.9 Å². The highest BCUT2D eigenvalue weighted by atomic mass is 32.2. The fraction of sp³-hybridized carbons (Fsp3) is 0.733. The molecule has 1 fully saturated rings. The Morgan fingerprint density at radius 1 is 1.33 bits per heavy atom. The zero-order valence-electron chi connectivity index (χ0n) is 13.6. The molecule has 0 aromatic carbocycles. The van der Waals surface area contributed by atoms with Crippen molar-refractivity contribution in [2.45, 2.75) is 38.4 Å². The molecule has 0 saturated carbocycles. The standard InChI is InChI=1S/C15H27N5S/c1-5-16-13-10-14(18-15(17-13)21-4)20-9-8-12(11-20)19(6-2)7-3/h10,12H,5-9,11H2,1-4H3,(H,16,17,18). The van der Waals surface area contributed by atoms with Gasteiger partial charge in [-0.2, -0.15) is 0 Å². The Bertz CT molecular complexity index is 450. The van der Waals surface area contributed by atoms with Crippen LogP contribution >= 0.6 is 11.8 Å². The largest absolute Gasteiger partial charge is 0.370 e. The molecule has 1 saturated heterocycles. The van der Waals surface area contributed by atoms with Crippen LogP contribution in [0.3, 0.4) is 0 Å². The van der Waals surface area contributed by atoms with E-state index in [0.717, 1.165) is 49.5 Å². The van der Waals surface area contributed by atoms with Crippen LogP contribution in [0.15, 0.2) is 11.2 Å². The zero-order valence-corrected chi connectivity index (χ0v) is 14.4. The molecule has 1 atom stereocenters. The molecule has 1 aromatic heterocycles. The third-order valence-corrected chi connectivity index (χ3v) is 4.60. The first kappa shape index (κ1) is 16.4. The Hall–Kier alpha value is -1.01. The second-order valence-corrected chi connectivity index (χ2v) is 6.01. The summed E-state index contributed by atoms with van der Waals surface area (Å²) in [5.41, 5.74) is 0. The van der Waals surface area contributed by atoms with E-state index < -0.39 is 0 Å². The summed E-state index contributed by atoms with van der Waals surface area (Å²) in [6.45, 7) is 11.8. The van der Waals surface area contributed by atoms with Crippen molar-refractivity contribution in [3.63, 3.8) is 0 Å². The first-order chi connectivity index (χ1) is 10.2. The molecule has 1 aliphatic heterocycles. The molecule has 21 heavy (non-hydrogen) atoms. The van der Waals surface area contributed by atoms with Crippen LogP contribution in [0.1, 0.15) is 27.2 Å². The molecule has 1 aromatic rings. The van der Waals surface area contributed by atoms with Crippen LogP contribution < -0.4 is 10.2 Å². The van der Waals surface area contributed by atoms with Crippen molar-refractivity contribution in [1.29, 1.82) is 0 Å². The lowest BCUT2D eigenvalue weighted by Gasteiger charge is -2.26. The summed E-state index contributed by atoms with van der Waals surface area (Å²) < 4.78 is 0. The monoisotopic (exact) mass is 309 g/mol. The number of rotatable bonds is 7. The lowest BCUT2D eigenvalue weighted by atomic mass is 10.2. The average Bonchev–Trinajstić information content (AvgIpc) is 2.98. The van der Waals surface area contributed by atoms with Crippen LogP contribution in [0.5, 0.6) is 0 Å². The number of aromatic nitrogens is 2. The van der Waals surface area contributed by atoms with Crippen molar-refractivity contribution in [2.24, 2.45) is 0 Å². The van der Waals surface area contributed by atoms with Gasteiger partial charge in [0, 0.05) is 31.7 Å². The summed E-state index contributed by atoms with van der Waals surface area (Å²) in [7, 11) is 0. The molecule has 6 heteroatoms. The van der Waals surface area contributed by atoms with Gasteiger partial charge in [0.05, 0.1) is 0 Å². The zero-order chi connectivity index (χ0) is 15.2. The minimum Gasteiger partial charge on any atom is -0.370 e. The topological polar surface area (TPSA) is 44.3 Å². The highest BCUT2D eigenvalue weighted by molar-refractivity contribution is 7.98. The minimum absolute atomic E-state index is 0.648. The third-order valence-electron chi connectivity index (χ3n) is 4.05. The number of nitrogens with one attached hydrogen (secondary N) is 1. The minimum atomic E-state index is 0.648. The molecule has 0 radical (unpaired) electrons. The van der Waals surface area contributed by atoms with Crippen LogP contribution in [0, 0.1) is 0 Å². The Labute approximate surface area is 132 Å². The normalized spacial score (nSPS) is 18.5. The molecule has 0 amide bonds. The van der Waals surface area contributed by atoms with E-state index in [4.69, 9.17) is 0 Å². The van der Waals surface area contributed by atoms with Crippen molar-refractivity contribution < 1.29 is 0 Å². The molecule has 0 aliphatic carbocycles. The fourth-order valence-corrected chi connectivity index (χ4v) is 3.30. The third kappa shape index (κ3) is 4.01.